The average molecular weight is 398 g/mol. The SMILES string of the molecule is Cc1cccc(S(=O)(=O)Nc2ccc(Nc3ccccc3OC(C)C)nc2)c1. The van der Waals surface area contributed by atoms with Crippen LogP contribution in [0.15, 0.2) is 71.8 Å². The Morgan fingerprint density at radius 3 is 2.46 bits per heavy atom. The van der Waals surface area contributed by atoms with Crippen LogP contribution in [0.5, 0.6) is 5.75 Å². The second-order valence-corrected chi connectivity index (χ2v) is 8.32. The van der Waals surface area contributed by atoms with E-state index in [1.165, 1.54) is 6.20 Å². The zero-order chi connectivity index (χ0) is 20.1. The highest BCUT2D eigenvalue weighted by Gasteiger charge is 2.14. The van der Waals surface area contributed by atoms with E-state index in [0.717, 1.165) is 17.0 Å². The molecule has 2 aromatic carbocycles. The summed E-state index contributed by atoms with van der Waals surface area (Å²) in [5, 5.41) is 3.19. The molecule has 2 N–H and O–H groups in total. The van der Waals surface area contributed by atoms with Crippen LogP contribution in [-0.2, 0) is 10.0 Å². The third kappa shape index (κ3) is 5.01. The summed E-state index contributed by atoms with van der Waals surface area (Å²) in [4.78, 5) is 4.51. The Morgan fingerprint density at radius 2 is 1.79 bits per heavy atom. The quantitative estimate of drug-likeness (QED) is 0.603. The maximum absolute atomic E-state index is 12.5. The molecule has 1 aromatic heterocycles. The first kappa shape index (κ1) is 19.7. The Bertz CT molecular complexity index is 1050. The molecule has 0 aliphatic rings. The third-order valence-electron chi connectivity index (χ3n) is 3.83. The van der Waals surface area contributed by atoms with E-state index in [1.807, 2.05) is 51.1 Å². The maximum Gasteiger partial charge on any atom is 0.261 e. The van der Waals surface area contributed by atoms with Gasteiger partial charge in [0.25, 0.3) is 10.0 Å². The van der Waals surface area contributed by atoms with Gasteiger partial charge in [-0.15, -0.1) is 0 Å². The van der Waals surface area contributed by atoms with Gasteiger partial charge < -0.3 is 10.1 Å². The van der Waals surface area contributed by atoms with Crippen LogP contribution in [0.4, 0.5) is 17.2 Å². The first-order valence-corrected chi connectivity index (χ1v) is 10.4. The number of benzene rings is 2. The number of nitrogens with one attached hydrogen (secondary N) is 2. The van der Waals surface area contributed by atoms with Crippen molar-refractivity contribution < 1.29 is 13.2 Å². The monoisotopic (exact) mass is 397 g/mol. The lowest BCUT2D eigenvalue weighted by Crippen LogP contribution is -2.13. The van der Waals surface area contributed by atoms with E-state index in [-0.39, 0.29) is 11.0 Å². The molecule has 0 spiro atoms. The summed E-state index contributed by atoms with van der Waals surface area (Å²) in [5.74, 6) is 1.31. The minimum Gasteiger partial charge on any atom is -0.489 e. The van der Waals surface area contributed by atoms with Crippen molar-refractivity contribution >= 4 is 27.2 Å². The van der Waals surface area contributed by atoms with Gasteiger partial charge in [0.1, 0.15) is 11.6 Å². The van der Waals surface area contributed by atoms with Gasteiger partial charge in [0.2, 0.25) is 0 Å². The summed E-state index contributed by atoms with van der Waals surface area (Å²) in [6.07, 6.45) is 1.52. The van der Waals surface area contributed by atoms with Gasteiger partial charge in [0, 0.05) is 0 Å². The number of nitrogens with zero attached hydrogens (tertiary/aromatic N) is 1. The summed E-state index contributed by atoms with van der Waals surface area (Å²) >= 11 is 0. The first-order chi connectivity index (χ1) is 13.3. The van der Waals surface area contributed by atoms with Crippen LogP contribution in [0, 0.1) is 6.92 Å². The van der Waals surface area contributed by atoms with Crippen molar-refractivity contribution in [1.29, 1.82) is 0 Å². The van der Waals surface area contributed by atoms with Crippen molar-refractivity contribution in [3.8, 4) is 5.75 Å². The summed E-state index contributed by atoms with van der Waals surface area (Å²) in [7, 11) is -3.66. The number of aromatic nitrogens is 1. The van der Waals surface area contributed by atoms with Gasteiger partial charge in [-0.3, -0.25) is 4.72 Å². The predicted octanol–water partition coefficient (Wildman–Crippen LogP) is 4.72. The highest BCUT2D eigenvalue weighted by molar-refractivity contribution is 7.92. The number of hydrogen-bond acceptors (Lipinski definition) is 5. The Labute approximate surface area is 165 Å². The topological polar surface area (TPSA) is 80.3 Å². The van der Waals surface area contributed by atoms with Gasteiger partial charge in [-0.2, -0.15) is 0 Å². The smallest absolute Gasteiger partial charge is 0.261 e. The van der Waals surface area contributed by atoms with E-state index < -0.39 is 10.0 Å². The second kappa shape index (κ2) is 8.31. The number of pyridine rings is 1. The molecule has 0 atom stereocenters. The van der Waals surface area contributed by atoms with Crippen LogP contribution in [0.25, 0.3) is 0 Å². The van der Waals surface area contributed by atoms with Gasteiger partial charge in [0.05, 0.1) is 28.6 Å². The van der Waals surface area contributed by atoms with E-state index in [9.17, 15) is 8.42 Å². The zero-order valence-electron chi connectivity index (χ0n) is 16.0. The van der Waals surface area contributed by atoms with Crippen molar-refractivity contribution in [2.75, 3.05) is 10.0 Å². The number of para-hydroxylation sites is 2. The molecule has 0 unspecified atom stereocenters. The molecule has 0 bridgehead atoms. The van der Waals surface area contributed by atoms with Crippen molar-refractivity contribution in [3.05, 3.63) is 72.4 Å². The Balaban J connectivity index is 1.74. The molecule has 28 heavy (non-hydrogen) atoms. The standard InChI is InChI=1S/C21H23N3O3S/c1-15(2)27-20-10-5-4-9-19(20)23-21-12-11-17(14-22-21)24-28(25,26)18-8-6-7-16(3)13-18/h4-15,24H,1-3H3,(H,22,23). The zero-order valence-corrected chi connectivity index (χ0v) is 16.8. The molecular formula is C21H23N3O3S. The number of rotatable bonds is 7. The number of sulfonamides is 1. The molecule has 0 aliphatic heterocycles. The molecule has 146 valence electrons. The van der Waals surface area contributed by atoms with E-state index in [0.29, 0.717) is 11.5 Å². The lowest BCUT2D eigenvalue weighted by Gasteiger charge is -2.15. The van der Waals surface area contributed by atoms with Gasteiger partial charge >= 0.3 is 0 Å². The number of aryl methyl sites for hydroxylation is 1. The van der Waals surface area contributed by atoms with Gasteiger partial charge in [-0.1, -0.05) is 24.3 Å². The molecule has 0 radical (unpaired) electrons. The summed E-state index contributed by atoms with van der Waals surface area (Å²) in [6.45, 7) is 5.77. The molecule has 3 aromatic rings. The van der Waals surface area contributed by atoms with E-state index >= 15 is 0 Å². The van der Waals surface area contributed by atoms with Gasteiger partial charge in [-0.25, -0.2) is 13.4 Å². The highest BCUT2D eigenvalue weighted by Crippen LogP contribution is 2.28. The molecular weight excluding hydrogens is 374 g/mol. The van der Waals surface area contributed by atoms with E-state index in [4.69, 9.17) is 4.74 Å². The average Bonchev–Trinajstić information content (AvgIpc) is 2.64. The lowest BCUT2D eigenvalue weighted by atomic mass is 10.2. The normalized spacial score (nSPS) is 11.3. The van der Waals surface area contributed by atoms with E-state index in [2.05, 4.69) is 15.0 Å². The fourth-order valence-corrected chi connectivity index (χ4v) is 3.74. The number of anilines is 3. The summed E-state index contributed by atoms with van der Waals surface area (Å²) in [5.41, 5.74) is 2.05. The molecule has 0 aliphatic carbocycles. The first-order valence-electron chi connectivity index (χ1n) is 8.92. The fraction of sp³-hybridized carbons (Fsp3) is 0.190. The molecule has 7 heteroatoms. The van der Waals surface area contributed by atoms with Crippen molar-refractivity contribution in [2.45, 2.75) is 31.8 Å². The Kier molecular flexibility index (Phi) is 5.84. The van der Waals surface area contributed by atoms with Crippen LogP contribution < -0.4 is 14.8 Å². The minimum absolute atomic E-state index is 0.0503. The van der Waals surface area contributed by atoms with Gasteiger partial charge in [0.15, 0.2) is 0 Å². The molecule has 6 nitrogen and oxygen atoms in total. The van der Waals surface area contributed by atoms with Crippen LogP contribution in [-0.4, -0.2) is 19.5 Å². The highest BCUT2D eigenvalue weighted by atomic mass is 32.2. The van der Waals surface area contributed by atoms with E-state index in [1.54, 1.807) is 30.3 Å². The number of ether oxygens (including phenoxy) is 1. The van der Waals surface area contributed by atoms with Crippen LogP contribution in [0.2, 0.25) is 0 Å². The maximum atomic E-state index is 12.5. The lowest BCUT2D eigenvalue weighted by molar-refractivity contribution is 0.244. The predicted molar refractivity (Wildman–Crippen MR) is 112 cm³/mol. The van der Waals surface area contributed by atoms with Crippen molar-refractivity contribution in [3.63, 3.8) is 0 Å². The molecule has 0 fully saturated rings. The molecule has 1 heterocycles. The van der Waals surface area contributed by atoms with Crippen LogP contribution in [0.1, 0.15) is 19.4 Å². The molecule has 3 rings (SSSR count). The Hall–Kier alpha value is -3.06. The van der Waals surface area contributed by atoms with Crippen molar-refractivity contribution in [1.82, 2.24) is 4.98 Å². The third-order valence-corrected chi connectivity index (χ3v) is 5.21. The fourth-order valence-electron chi connectivity index (χ4n) is 2.59. The second-order valence-electron chi connectivity index (χ2n) is 6.64. The van der Waals surface area contributed by atoms with Crippen molar-refractivity contribution in [2.24, 2.45) is 0 Å². The molecule has 0 saturated heterocycles. The molecule has 0 saturated carbocycles. The summed E-state index contributed by atoms with van der Waals surface area (Å²) in [6, 6.07) is 17.7. The minimum atomic E-state index is -3.66. The number of hydrogen-bond donors (Lipinski definition) is 2. The largest absolute Gasteiger partial charge is 0.489 e. The summed E-state index contributed by atoms with van der Waals surface area (Å²) < 4.78 is 33.3. The van der Waals surface area contributed by atoms with Gasteiger partial charge in [-0.05, 0) is 62.7 Å². The Morgan fingerprint density at radius 1 is 1.00 bits per heavy atom. The van der Waals surface area contributed by atoms with Crippen LogP contribution in [0.3, 0.4) is 0 Å². The van der Waals surface area contributed by atoms with Crippen LogP contribution >= 0.6 is 0 Å². The molecule has 0 amide bonds.